The zero-order chi connectivity index (χ0) is 17.1. The van der Waals surface area contributed by atoms with Crippen molar-refractivity contribution in [1.82, 2.24) is 4.57 Å². The summed E-state index contributed by atoms with van der Waals surface area (Å²) in [5.41, 5.74) is 9.27. The number of carboxylic acid groups (broad SMARTS) is 1. The molecule has 6 heteroatoms. The summed E-state index contributed by atoms with van der Waals surface area (Å²) in [6.45, 7) is 3.93. The molecule has 0 saturated heterocycles. The van der Waals surface area contributed by atoms with Gasteiger partial charge in [0.25, 0.3) is 0 Å². The summed E-state index contributed by atoms with van der Waals surface area (Å²) in [6.07, 6.45) is 4.33. The summed E-state index contributed by atoms with van der Waals surface area (Å²) in [5, 5.41) is 10.3. The second kappa shape index (κ2) is 8.70. The number of aromatic carboxylic acids is 1. The van der Waals surface area contributed by atoms with Crippen LogP contribution in [0.5, 0.6) is 0 Å². The van der Waals surface area contributed by atoms with Crippen LogP contribution in [0.3, 0.4) is 0 Å². The van der Waals surface area contributed by atoms with Crippen LogP contribution in [-0.2, 0) is 24.7 Å². The Morgan fingerprint density at radius 1 is 1.25 bits per heavy atom. The molecule has 0 spiro atoms. The van der Waals surface area contributed by atoms with Crippen molar-refractivity contribution in [2.24, 2.45) is 12.8 Å². The minimum absolute atomic E-state index is 0. The predicted octanol–water partition coefficient (Wildman–Crippen LogP) is 2.30. The number of primary amides is 1. The molecule has 2 rings (SSSR count). The van der Waals surface area contributed by atoms with Crippen molar-refractivity contribution >= 4 is 52.3 Å². The van der Waals surface area contributed by atoms with E-state index in [1.54, 1.807) is 13.0 Å². The normalized spacial score (nSPS) is 10.6. The van der Waals surface area contributed by atoms with Gasteiger partial charge in [-0.1, -0.05) is 19.8 Å². The SMILES string of the molecule is CCCCCc1c(CC(N)=O)c2cc(C)c(C(=O)O)cc2n1C.[NaH]. The van der Waals surface area contributed by atoms with Crippen molar-refractivity contribution in [3.63, 3.8) is 0 Å². The van der Waals surface area contributed by atoms with Crippen LogP contribution in [0.25, 0.3) is 10.9 Å². The van der Waals surface area contributed by atoms with Gasteiger partial charge in [-0.05, 0) is 43.0 Å². The summed E-state index contributed by atoms with van der Waals surface area (Å²) in [5.74, 6) is -1.30. The molecule has 3 N–H and O–H groups in total. The fourth-order valence-corrected chi connectivity index (χ4v) is 3.18. The number of hydrogen-bond donors (Lipinski definition) is 2. The van der Waals surface area contributed by atoms with Gasteiger partial charge in [0, 0.05) is 23.6 Å². The number of benzene rings is 1. The van der Waals surface area contributed by atoms with Crippen LogP contribution in [0.15, 0.2) is 12.1 Å². The Morgan fingerprint density at radius 2 is 1.92 bits per heavy atom. The number of amides is 1. The third-order valence-electron chi connectivity index (χ3n) is 4.38. The number of rotatable bonds is 7. The van der Waals surface area contributed by atoms with Crippen LogP contribution >= 0.6 is 0 Å². The van der Waals surface area contributed by atoms with Crippen LogP contribution in [0.4, 0.5) is 0 Å². The summed E-state index contributed by atoms with van der Waals surface area (Å²) in [6, 6.07) is 3.56. The molecule has 5 nitrogen and oxygen atoms in total. The summed E-state index contributed by atoms with van der Waals surface area (Å²) in [7, 11) is 1.93. The number of aryl methyl sites for hydroxylation is 2. The first-order chi connectivity index (χ1) is 10.9. The Bertz CT molecular complexity index is 765. The molecule has 126 valence electrons. The van der Waals surface area contributed by atoms with Crippen molar-refractivity contribution in [1.29, 1.82) is 0 Å². The van der Waals surface area contributed by atoms with Gasteiger partial charge < -0.3 is 15.4 Å². The quantitative estimate of drug-likeness (QED) is 0.599. The first-order valence-corrected chi connectivity index (χ1v) is 7.99. The Labute approximate surface area is 164 Å². The van der Waals surface area contributed by atoms with Gasteiger partial charge in [-0.15, -0.1) is 0 Å². The number of aromatic nitrogens is 1. The second-order valence-corrected chi connectivity index (χ2v) is 6.07. The molecule has 0 radical (unpaired) electrons. The Hall–Kier alpha value is -1.30. The summed E-state index contributed by atoms with van der Waals surface area (Å²) >= 11 is 0. The number of unbranched alkanes of at least 4 members (excludes halogenated alkanes) is 2. The van der Waals surface area contributed by atoms with E-state index in [9.17, 15) is 14.7 Å². The zero-order valence-electron chi connectivity index (χ0n) is 14.0. The van der Waals surface area contributed by atoms with E-state index in [0.29, 0.717) is 11.1 Å². The van der Waals surface area contributed by atoms with Crippen LogP contribution in [0.1, 0.15) is 53.4 Å². The maximum absolute atomic E-state index is 11.5. The van der Waals surface area contributed by atoms with Crippen LogP contribution in [-0.4, -0.2) is 51.1 Å². The van der Waals surface area contributed by atoms with Gasteiger partial charge in [-0.3, -0.25) is 4.79 Å². The second-order valence-electron chi connectivity index (χ2n) is 6.07. The minimum atomic E-state index is -0.936. The molecule has 1 aromatic carbocycles. The van der Waals surface area contributed by atoms with E-state index in [1.807, 2.05) is 17.7 Å². The number of carbonyl (C=O) groups is 2. The van der Waals surface area contributed by atoms with Crippen LogP contribution in [0, 0.1) is 6.92 Å². The molecule has 1 amide bonds. The third kappa shape index (κ3) is 4.21. The van der Waals surface area contributed by atoms with Crippen molar-refractivity contribution in [3.05, 3.63) is 34.5 Å². The van der Waals surface area contributed by atoms with Gasteiger partial charge in [0.15, 0.2) is 0 Å². The van der Waals surface area contributed by atoms with E-state index in [-0.39, 0.29) is 41.9 Å². The molecule has 1 aromatic heterocycles. The first kappa shape index (κ1) is 20.7. The predicted molar refractivity (Wildman–Crippen MR) is 97.9 cm³/mol. The van der Waals surface area contributed by atoms with E-state index in [2.05, 4.69) is 6.92 Å². The van der Waals surface area contributed by atoms with Gasteiger partial charge in [0.2, 0.25) is 5.91 Å². The van der Waals surface area contributed by atoms with Gasteiger partial charge in [-0.2, -0.15) is 0 Å². The molecule has 24 heavy (non-hydrogen) atoms. The number of hydrogen-bond acceptors (Lipinski definition) is 2. The molecule has 0 fully saturated rings. The van der Waals surface area contributed by atoms with E-state index >= 15 is 0 Å². The average molecular weight is 340 g/mol. The van der Waals surface area contributed by atoms with Gasteiger partial charge in [0.1, 0.15) is 0 Å². The van der Waals surface area contributed by atoms with Crippen LogP contribution in [0.2, 0.25) is 0 Å². The van der Waals surface area contributed by atoms with Gasteiger partial charge in [0.05, 0.1) is 12.0 Å². The summed E-state index contributed by atoms with van der Waals surface area (Å²) in [4.78, 5) is 22.9. The maximum atomic E-state index is 11.5. The fourth-order valence-electron chi connectivity index (χ4n) is 3.18. The van der Waals surface area contributed by atoms with E-state index < -0.39 is 5.97 Å². The third-order valence-corrected chi connectivity index (χ3v) is 4.38. The van der Waals surface area contributed by atoms with Crippen molar-refractivity contribution in [3.8, 4) is 0 Å². The topological polar surface area (TPSA) is 85.3 Å². The van der Waals surface area contributed by atoms with Gasteiger partial charge in [-0.25, -0.2) is 4.79 Å². The Morgan fingerprint density at radius 3 is 2.46 bits per heavy atom. The molecule has 0 bridgehead atoms. The zero-order valence-corrected chi connectivity index (χ0v) is 14.0. The molecular weight excluding hydrogens is 315 g/mol. The fraction of sp³-hybridized carbons (Fsp3) is 0.444. The van der Waals surface area contributed by atoms with E-state index in [0.717, 1.165) is 47.8 Å². The van der Waals surface area contributed by atoms with Crippen molar-refractivity contribution in [2.75, 3.05) is 0 Å². The molecule has 2 aromatic rings. The first-order valence-electron chi connectivity index (χ1n) is 7.99. The molecule has 0 aliphatic carbocycles. The number of carbonyl (C=O) groups excluding carboxylic acids is 1. The number of nitrogens with zero attached hydrogens (tertiary/aromatic N) is 1. The van der Waals surface area contributed by atoms with E-state index in [1.165, 1.54) is 0 Å². The molecule has 0 unspecified atom stereocenters. The Kier molecular flexibility index (Phi) is 7.52. The Balaban J connectivity index is 0.00000288. The monoisotopic (exact) mass is 340 g/mol. The molecule has 0 saturated carbocycles. The van der Waals surface area contributed by atoms with Crippen molar-refractivity contribution in [2.45, 2.75) is 46.0 Å². The van der Waals surface area contributed by atoms with Crippen LogP contribution < -0.4 is 5.73 Å². The molecule has 0 atom stereocenters. The standard InChI is InChI=1S/C18H24N2O3.Na.H/c1-4-5-6-7-15-14(10-17(19)21)13-8-11(2)12(18(22)23)9-16(13)20(15)3;;/h8-9H,4-7,10H2,1-3H3,(H2,19,21)(H,22,23);;. The van der Waals surface area contributed by atoms with E-state index in [4.69, 9.17) is 5.73 Å². The molecule has 0 aliphatic heterocycles. The molecule has 0 aliphatic rings. The average Bonchev–Trinajstić information content (AvgIpc) is 2.71. The molecule has 1 heterocycles. The summed E-state index contributed by atoms with van der Waals surface area (Å²) < 4.78 is 2.01. The number of fused-ring (bicyclic) bond motifs is 1. The molecular formula is C18H25N2NaO3. The van der Waals surface area contributed by atoms with Gasteiger partial charge >= 0.3 is 35.5 Å². The number of nitrogens with two attached hydrogens (primary N) is 1. The van der Waals surface area contributed by atoms with Crippen molar-refractivity contribution < 1.29 is 14.7 Å². The number of carboxylic acids is 1.